The number of halogens is 1. The van der Waals surface area contributed by atoms with Crippen LogP contribution in [0.25, 0.3) is 0 Å². The van der Waals surface area contributed by atoms with Gasteiger partial charge in [0.15, 0.2) is 0 Å². The Hall–Kier alpha value is -1.05. The Morgan fingerprint density at radius 3 is 2.40 bits per heavy atom. The summed E-state index contributed by atoms with van der Waals surface area (Å²) in [6.07, 6.45) is 3.27. The van der Waals surface area contributed by atoms with E-state index in [1.165, 1.54) is 0 Å². The largest absolute Gasteiger partial charge is 0.398 e. The van der Waals surface area contributed by atoms with E-state index < -0.39 is 6.17 Å². The van der Waals surface area contributed by atoms with Crippen molar-refractivity contribution in [1.29, 1.82) is 0 Å². The molecule has 2 rings (SSSR count). The number of hydrogen-bond donors (Lipinski definition) is 1. The van der Waals surface area contributed by atoms with Crippen LogP contribution in [-0.2, 0) is 5.41 Å². The number of rotatable bonds is 2. The predicted octanol–water partition coefficient (Wildman–Crippen LogP) is 3.44. The molecule has 0 aromatic heterocycles. The fourth-order valence-corrected chi connectivity index (χ4v) is 2.84. The van der Waals surface area contributed by atoms with Crippen LogP contribution in [0, 0.1) is 0 Å². The summed E-state index contributed by atoms with van der Waals surface area (Å²) < 4.78 is 13.9. The zero-order chi connectivity index (χ0) is 10.9. The monoisotopic (exact) mass is 207 g/mol. The Kier molecular flexibility index (Phi) is 2.68. The molecule has 2 heteroatoms. The van der Waals surface area contributed by atoms with E-state index in [2.05, 4.69) is 0 Å². The lowest BCUT2D eigenvalue weighted by Crippen LogP contribution is -2.32. The fraction of sp³-hybridized carbons (Fsp3) is 0.538. The van der Waals surface area contributed by atoms with Gasteiger partial charge in [-0.25, -0.2) is 4.39 Å². The molecule has 1 aliphatic rings. The molecule has 1 atom stereocenters. The topological polar surface area (TPSA) is 26.0 Å². The van der Waals surface area contributed by atoms with Crippen molar-refractivity contribution in [3.63, 3.8) is 0 Å². The van der Waals surface area contributed by atoms with Gasteiger partial charge in [-0.3, -0.25) is 0 Å². The number of alkyl halides is 1. The van der Waals surface area contributed by atoms with Crippen LogP contribution in [0.4, 0.5) is 10.1 Å². The van der Waals surface area contributed by atoms with E-state index >= 15 is 0 Å². The first-order valence-corrected chi connectivity index (χ1v) is 5.66. The Bertz CT molecular complexity index is 340. The third-order valence-electron chi connectivity index (χ3n) is 3.75. The standard InChI is InChI=1S/C13H18FN/c1-10(14)13(8-4-5-9-13)11-6-2-3-7-12(11)15/h2-3,6-7,10H,4-5,8-9,15H2,1H3. The van der Waals surface area contributed by atoms with Crippen molar-refractivity contribution in [2.24, 2.45) is 0 Å². The molecule has 1 unspecified atom stereocenters. The van der Waals surface area contributed by atoms with Crippen LogP contribution in [0.15, 0.2) is 24.3 Å². The summed E-state index contributed by atoms with van der Waals surface area (Å²) >= 11 is 0. The van der Waals surface area contributed by atoms with E-state index in [0.29, 0.717) is 0 Å². The number of para-hydroxylation sites is 1. The molecule has 15 heavy (non-hydrogen) atoms. The molecule has 0 heterocycles. The first-order valence-electron chi connectivity index (χ1n) is 5.66. The zero-order valence-corrected chi connectivity index (χ0v) is 9.17. The summed E-state index contributed by atoms with van der Waals surface area (Å²) in [5, 5.41) is 0. The van der Waals surface area contributed by atoms with Crippen LogP contribution >= 0.6 is 0 Å². The van der Waals surface area contributed by atoms with Gasteiger partial charge in [-0.2, -0.15) is 0 Å². The highest BCUT2D eigenvalue weighted by Gasteiger charge is 2.41. The van der Waals surface area contributed by atoms with E-state index in [1.807, 2.05) is 24.3 Å². The highest BCUT2D eigenvalue weighted by atomic mass is 19.1. The summed E-state index contributed by atoms with van der Waals surface area (Å²) in [6.45, 7) is 1.66. The van der Waals surface area contributed by atoms with Crippen LogP contribution in [0.1, 0.15) is 38.2 Å². The van der Waals surface area contributed by atoms with Crippen LogP contribution in [0.3, 0.4) is 0 Å². The van der Waals surface area contributed by atoms with E-state index in [9.17, 15) is 4.39 Å². The van der Waals surface area contributed by atoms with Gasteiger partial charge in [0.1, 0.15) is 6.17 Å². The van der Waals surface area contributed by atoms with E-state index in [4.69, 9.17) is 5.73 Å². The summed E-state index contributed by atoms with van der Waals surface area (Å²) in [6, 6.07) is 7.72. The highest BCUT2D eigenvalue weighted by Crippen LogP contribution is 2.46. The third kappa shape index (κ3) is 1.62. The van der Waals surface area contributed by atoms with Crippen LogP contribution in [0.5, 0.6) is 0 Å². The predicted molar refractivity (Wildman–Crippen MR) is 61.6 cm³/mol. The minimum absolute atomic E-state index is 0.314. The minimum Gasteiger partial charge on any atom is -0.398 e. The van der Waals surface area contributed by atoms with Gasteiger partial charge in [-0.05, 0) is 31.4 Å². The zero-order valence-electron chi connectivity index (χ0n) is 9.17. The smallest absolute Gasteiger partial charge is 0.107 e. The van der Waals surface area contributed by atoms with E-state index in [0.717, 1.165) is 36.9 Å². The average Bonchev–Trinajstić information content (AvgIpc) is 2.68. The summed E-state index contributed by atoms with van der Waals surface area (Å²) in [4.78, 5) is 0. The second-order valence-corrected chi connectivity index (χ2v) is 4.57. The fourth-order valence-electron chi connectivity index (χ4n) is 2.84. The molecule has 1 saturated carbocycles. The van der Waals surface area contributed by atoms with Crippen molar-refractivity contribution in [1.82, 2.24) is 0 Å². The Balaban J connectivity index is 2.46. The first-order chi connectivity index (χ1) is 7.17. The number of anilines is 1. The van der Waals surface area contributed by atoms with Gasteiger partial charge in [-0.1, -0.05) is 31.0 Å². The van der Waals surface area contributed by atoms with Gasteiger partial charge < -0.3 is 5.73 Å². The highest BCUT2D eigenvalue weighted by molar-refractivity contribution is 5.51. The van der Waals surface area contributed by atoms with Crippen molar-refractivity contribution < 1.29 is 4.39 Å². The average molecular weight is 207 g/mol. The van der Waals surface area contributed by atoms with Crippen LogP contribution in [-0.4, -0.2) is 6.17 Å². The lowest BCUT2D eigenvalue weighted by atomic mass is 9.75. The SMILES string of the molecule is CC(F)C1(c2ccccc2N)CCCC1. The van der Waals surface area contributed by atoms with Gasteiger partial charge in [-0.15, -0.1) is 0 Å². The van der Waals surface area contributed by atoms with E-state index in [1.54, 1.807) is 6.92 Å². The molecule has 0 aliphatic heterocycles. The van der Waals surface area contributed by atoms with E-state index in [-0.39, 0.29) is 5.41 Å². The van der Waals surface area contributed by atoms with Crippen LogP contribution in [0.2, 0.25) is 0 Å². The summed E-state index contributed by atoms with van der Waals surface area (Å²) in [7, 11) is 0. The van der Waals surface area contributed by atoms with Crippen LogP contribution < -0.4 is 5.73 Å². The van der Waals surface area contributed by atoms with Gasteiger partial charge >= 0.3 is 0 Å². The van der Waals surface area contributed by atoms with Gasteiger partial charge in [0, 0.05) is 11.1 Å². The summed E-state index contributed by atoms with van der Waals surface area (Å²) in [5.74, 6) is 0. The second kappa shape index (κ2) is 3.84. The number of benzene rings is 1. The molecule has 0 saturated heterocycles. The Morgan fingerprint density at radius 1 is 1.27 bits per heavy atom. The maximum atomic E-state index is 13.9. The minimum atomic E-state index is -0.815. The number of nitrogen functional groups attached to an aromatic ring is 1. The molecule has 0 amide bonds. The number of hydrogen-bond acceptors (Lipinski definition) is 1. The molecular formula is C13H18FN. The maximum absolute atomic E-state index is 13.9. The van der Waals surface area contributed by atoms with Gasteiger partial charge in [0.2, 0.25) is 0 Å². The lowest BCUT2D eigenvalue weighted by molar-refractivity contribution is 0.207. The molecular weight excluding hydrogens is 189 g/mol. The van der Waals surface area contributed by atoms with Gasteiger partial charge in [0.05, 0.1) is 0 Å². The lowest BCUT2D eigenvalue weighted by Gasteiger charge is -2.32. The maximum Gasteiger partial charge on any atom is 0.107 e. The molecule has 0 bridgehead atoms. The molecule has 2 N–H and O–H groups in total. The first kappa shape index (κ1) is 10.5. The van der Waals surface area contributed by atoms with Crippen molar-refractivity contribution in [2.75, 3.05) is 5.73 Å². The molecule has 1 fully saturated rings. The molecule has 1 aromatic carbocycles. The van der Waals surface area contributed by atoms with Crippen molar-refractivity contribution >= 4 is 5.69 Å². The molecule has 0 spiro atoms. The van der Waals surface area contributed by atoms with Gasteiger partial charge in [0.25, 0.3) is 0 Å². The van der Waals surface area contributed by atoms with Crippen molar-refractivity contribution in [2.45, 2.75) is 44.2 Å². The van der Waals surface area contributed by atoms with Crippen molar-refractivity contribution in [3.8, 4) is 0 Å². The molecule has 1 aliphatic carbocycles. The molecule has 0 radical (unpaired) electrons. The Labute approximate surface area is 90.5 Å². The molecule has 1 nitrogen and oxygen atoms in total. The quantitative estimate of drug-likeness (QED) is 0.739. The Morgan fingerprint density at radius 2 is 1.87 bits per heavy atom. The normalized spacial score (nSPS) is 21.5. The molecule has 1 aromatic rings. The second-order valence-electron chi connectivity index (χ2n) is 4.57. The van der Waals surface area contributed by atoms with Crippen molar-refractivity contribution in [3.05, 3.63) is 29.8 Å². The third-order valence-corrected chi connectivity index (χ3v) is 3.75. The molecule has 82 valence electrons. The number of nitrogens with two attached hydrogens (primary N) is 1. The summed E-state index contributed by atoms with van der Waals surface area (Å²) in [5.41, 5.74) is 7.39.